The monoisotopic (exact) mass is 237 g/mol. The third-order valence-electron chi connectivity index (χ3n) is 3.75. The second kappa shape index (κ2) is 5.19. The summed E-state index contributed by atoms with van der Waals surface area (Å²) in [7, 11) is 1.99. The van der Waals surface area contributed by atoms with Crippen molar-refractivity contribution in [3.63, 3.8) is 0 Å². The number of nitrogens with zero attached hydrogens (tertiary/aromatic N) is 2. The van der Waals surface area contributed by atoms with Gasteiger partial charge in [-0.25, -0.2) is 4.98 Å². The normalized spacial score (nSPS) is 27.0. The molecule has 0 aliphatic carbocycles. The molecule has 0 spiro atoms. The van der Waals surface area contributed by atoms with Gasteiger partial charge in [-0.1, -0.05) is 0 Å². The van der Waals surface area contributed by atoms with Gasteiger partial charge in [0.1, 0.15) is 5.82 Å². The van der Waals surface area contributed by atoms with Crippen LogP contribution in [-0.2, 0) is 11.3 Å². The zero-order valence-electron chi connectivity index (χ0n) is 11.1. The summed E-state index contributed by atoms with van der Waals surface area (Å²) in [6.07, 6.45) is 7.41. The first-order valence-electron chi connectivity index (χ1n) is 6.53. The maximum atomic E-state index is 6.03. The van der Waals surface area contributed by atoms with Gasteiger partial charge in [0, 0.05) is 25.5 Å². The molecule has 0 saturated carbocycles. The molecule has 4 nitrogen and oxygen atoms in total. The molecule has 2 unspecified atom stereocenters. The Morgan fingerprint density at radius 1 is 1.59 bits per heavy atom. The number of nitrogens with one attached hydrogen (secondary N) is 1. The van der Waals surface area contributed by atoms with Crippen LogP contribution in [0.15, 0.2) is 12.4 Å². The standard InChI is InChI=1S/C13H23N3O/c1-4-16-9-8-15-12(16)11(14-3)13(2)7-5-6-10-17-13/h8-9,11,14H,4-7,10H2,1-3H3. The fraction of sp³-hybridized carbons (Fsp3) is 0.769. The third kappa shape index (κ3) is 2.38. The fourth-order valence-corrected chi connectivity index (χ4v) is 2.74. The summed E-state index contributed by atoms with van der Waals surface area (Å²) >= 11 is 0. The minimum absolute atomic E-state index is 0.134. The van der Waals surface area contributed by atoms with Crippen molar-refractivity contribution in [3.8, 4) is 0 Å². The molecule has 1 aliphatic heterocycles. The maximum absolute atomic E-state index is 6.03. The SMILES string of the molecule is CCn1ccnc1C(NC)C1(C)CCCCO1. The lowest BCUT2D eigenvalue weighted by Crippen LogP contribution is -2.46. The highest BCUT2D eigenvalue weighted by Crippen LogP contribution is 2.35. The van der Waals surface area contributed by atoms with E-state index >= 15 is 0 Å². The molecule has 0 bridgehead atoms. The van der Waals surface area contributed by atoms with Crippen molar-refractivity contribution in [2.24, 2.45) is 0 Å². The van der Waals surface area contributed by atoms with E-state index in [4.69, 9.17) is 4.74 Å². The average Bonchev–Trinajstić information content (AvgIpc) is 2.79. The van der Waals surface area contributed by atoms with E-state index in [9.17, 15) is 0 Å². The molecule has 0 radical (unpaired) electrons. The average molecular weight is 237 g/mol. The summed E-state index contributed by atoms with van der Waals surface area (Å²) in [6.45, 7) is 6.15. The number of ether oxygens (including phenoxy) is 1. The van der Waals surface area contributed by atoms with E-state index in [2.05, 4.69) is 28.7 Å². The molecule has 2 atom stereocenters. The highest BCUT2D eigenvalue weighted by Gasteiger charge is 2.39. The minimum atomic E-state index is -0.134. The van der Waals surface area contributed by atoms with Gasteiger partial charge in [0.25, 0.3) is 0 Å². The van der Waals surface area contributed by atoms with Crippen molar-refractivity contribution in [3.05, 3.63) is 18.2 Å². The van der Waals surface area contributed by atoms with Gasteiger partial charge in [0.2, 0.25) is 0 Å². The number of hydrogen-bond donors (Lipinski definition) is 1. The molecule has 96 valence electrons. The van der Waals surface area contributed by atoms with E-state index < -0.39 is 0 Å². The van der Waals surface area contributed by atoms with Crippen LogP contribution in [0.1, 0.15) is 45.0 Å². The second-order valence-electron chi connectivity index (χ2n) is 4.91. The van der Waals surface area contributed by atoms with Crippen molar-refractivity contribution in [1.82, 2.24) is 14.9 Å². The van der Waals surface area contributed by atoms with E-state index in [-0.39, 0.29) is 11.6 Å². The molecule has 1 aromatic rings. The van der Waals surface area contributed by atoms with Gasteiger partial charge in [-0.15, -0.1) is 0 Å². The smallest absolute Gasteiger partial charge is 0.128 e. The lowest BCUT2D eigenvalue weighted by molar-refractivity contribution is -0.0906. The molecule has 1 aromatic heterocycles. The third-order valence-corrected chi connectivity index (χ3v) is 3.75. The molecule has 1 N–H and O–H groups in total. The maximum Gasteiger partial charge on any atom is 0.128 e. The topological polar surface area (TPSA) is 39.1 Å². The molecule has 1 aliphatic rings. The van der Waals surface area contributed by atoms with Crippen LogP contribution in [-0.4, -0.2) is 28.8 Å². The summed E-state index contributed by atoms with van der Waals surface area (Å²) < 4.78 is 8.21. The van der Waals surface area contributed by atoms with Crippen molar-refractivity contribution in [2.45, 2.75) is 51.3 Å². The quantitative estimate of drug-likeness (QED) is 0.872. The van der Waals surface area contributed by atoms with Crippen molar-refractivity contribution < 1.29 is 4.74 Å². The van der Waals surface area contributed by atoms with Crippen molar-refractivity contribution >= 4 is 0 Å². The Bertz CT molecular complexity index is 355. The van der Waals surface area contributed by atoms with Crippen LogP contribution in [0.25, 0.3) is 0 Å². The Labute approximate surface area is 103 Å². The molecule has 17 heavy (non-hydrogen) atoms. The molecule has 0 amide bonds. The zero-order chi connectivity index (χ0) is 12.3. The predicted molar refractivity (Wildman–Crippen MR) is 67.9 cm³/mol. The minimum Gasteiger partial charge on any atom is -0.373 e. The van der Waals surface area contributed by atoms with Gasteiger partial charge < -0.3 is 14.6 Å². The molecule has 4 heteroatoms. The fourth-order valence-electron chi connectivity index (χ4n) is 2.74. The molecular weight excluding hydrogens is 214 g/mol. The van der Waals surface area contributed by atoms with Gasteiger partial charge >= 0.3 is 0 Å². The van der Waals surface area contributed by atoms with Crippen LogP contribution >= 0.6 is 0 Å². The van der Waals surface area contributed by atoms with E-state index in [1.165, 1.54) is 12.8 Å². The molecular formula is C13H23N3O. The van der Waals surface area contributed by atoms with Crippen LogP contribution in [0.4, 0.5) is 0 Å². The number of imidazole rings is 1. The van der Waals surface area contributed by atoms with Gasteiger partial charge in [0.15, 0.2) is 0 Å². The van der Waals surface area contributed by atoms with Gasteiger partial charge in [-0.2, -0.15) is 0 Å². The summed E-state index contributed by atoms with van der Waals surface area (Å²) in [4.78, 5) is 4.50. The van der Waals surface area contributed by atoms with Crippen LogP contribution < -0.4 is 5.32 Å². The number of aromatic nitrogens is 2. The highest BCUT2D eigenvalue weighted by atomic mass is 16.5. The van der Waals surface area contributed by atoms with E-state index in [0.717, 1.165) is 25.4 Å². The largest absolute Gasteiger partial charge is 0.373 e. The molecule has 0 aromatic carbocycles. The number of likely N-dealkylation sites (N-methyl/N-ethyl adjacent to an activating group) is 1. The lowest BCUT2D eigenvalue weighted by atomic mass is 9.87. The summed E-state index contributed by atoms with van der Waals surface area (Å²) in [6, 6.07) is 0.165. The first kappa shape index (κ1) is 12.6. The molecule has 2 rings (SSSR count). The predicted octanol–water partition coefficient (Wildman–Crippen LogP) is 2.12. The van der Waals surface area contributed by atoms with Gasteiger partial charge in [0.05, 0.1) is 11.6 Å². The van der Waals surface area contributed by atoms with E-state index in [1.54, 1.807) is 0 Å². The van der Waals surface area contributed by atoms with E-state index in [1.807, 2.05) is 19.4 Å². The van der Waals surface area contributed by atoms with E-state index in [0.29, 0.717) is 0 Å². The van der Waals surface area contributed by atoms with Gasteiger partial charge in [-0.3, -0.25) is 0 Å². The summed E-state index contributed by atoms with van der Waals surface area (Å²) in [5, 5.41) is 3.38. The second-order valence-corrected chi connectivity index (χ2v) is 4.91. The van der Waals surface area contributed by atoms with Crippen LogP contribution in [0.2, 0.25) is 0 Å². The van der Waals surface area contributed by atoms with Crippen LogP contribution in [0.5, 0.6) is 0 Å². The van der Waals surface area contributed by atoms with Crippen LogP contribution in [0.3, 0.4) is 0 Å². The van der Waals surface area contributed by atoms with Gasteiger partial charge in [-0.05, 0) is 40.2 Å². The Morgan fingerprint density at radius 2 is 2.41 bits per heavy atom. The number of aryl methyl sites for hydroxylation is 1. The zero-order valence-corrected chi connectivity index (χ0v) is 11.1. The van der Waals surface area contributed by atoms with Crippen LogP contribution in [0, 0.1) is 0 Å². The molecule has 1 saturated heterocycles. The summed E-state index contributed by atoms with van der Waals surface area (Å²) in [5.41, 5.74) is -0.134. The van der Waals surface area contributed by atoms with Crippen molar-refractivity contribution in [2.75, 3.05) is 13.7 Å². The Hall–Kier alpha value is -0.870. The number of hydrogen-bond acceptors (Lipinski definition) is 3. The Morgan fingerprint density at radius 3 is 3.00 bits per heavy atom. The first-order valence-corrected chi connectivity index (χ1v) is 6.53. The first-order chi connectivity index (χ1) is 8.21. The van der Waals surface area contributed by atoms with Crippen molar-refractivity contribution in [1.29, 1.82) is 0 Å². The summed E-state index contributed by atoms with van der Waals surface area (Å²) in [5.74, 6) is 1.08. The number of rotatable bonds is 4. The lowest BCUT2D eigenvalue weighted by Gasteiger charge is -2.40. The Balaban J connectivity index is 2.26. The highest BCUT2D eigenvalue weighted by molar-refractivity contribution is 5.07. The Kier molecular flexibility index (Phi) is 3.84. The molecule has 2 heterocycles. The molecule has 1 fully saturated rings.